The lowest BCUT2D eigenvalue weighted by Gasteiger charge is -2.03. The number of nitrogens with zero attached hydrogens (tertiary/aromatic N) is 2. The molecule has 26 heavy (non-hydrogen) atoms. The average molecular weight is 443 g/mol. The van der Waals surface area contributed by atoms with Crippen molar-refractivity contribution in [3.63, 3.8) is 0 Å². The molecule has 130 valence electrons. The van der Waals surface area contributed by atoms with E-state index >= 15 is 0 Å². The van der Waals surface area contributed by atoms with Crippen LogP contribution in [0.5, 0.6) is 5.75 Å². The second kappa shape index (κ2) is 7.70. The minimum atomic E-state index is 0.672. The van der Waals surface area contributed by atoms with Gasteiger partial charge in [-0.25, -0.2) is 9.97 Å². The zero-order valence-corrected chi connectivity index (χ0v) is 17.2. The SMILES string of the molecule is CCOc1ccc(-c2csc(-c3nc(-c4ccc(Br)cc4)cs3)n2)cc1. The summed E-state index contributed by atoms with van der Waals surface area (Å²) in [5, 5.41) is 6.05. The average Bonchev–Trinajstić information content (AvgIpc) is 3.33. The second-order valence-electron chi connectivity index (χ2n) is 5.54. The lowest BCUT2D eigenvalue weighted by Crippen LogP contribution is -1.90. The van der Waals surface area contributed by atoms with Crippen molar-refractivity contribution in [1.82, 2.24) is 9.97 Å². The van der Waals surface area contributed by atoms with Gasteiger partial charge < -0.3 is 4.74 Å². The molecular formula is C20H15BrN2OS2. The molecule has 0 radical (unpaired) electrons. The number of hydrogen-bond donors (Lipinski definition) is 0. The second-order valence-corrected chi connectivity index (χ2v) is 8.17. The smallest absolute Gasteiger partial charge is 0.152 e. The molecule has 6 heteroatoms. The van der Waals surface area contributed by atoms with E-state index in [1.165, 1.54) is 0 Å². The number of hydrogen-bond acceptors (Lipinski definition) is 5. The highest BCUT2D eigenvalue weighted by molar-refractivity contribution is 9.10. The summed E-state index contributed by atoms with van der Waals surface area (Å²) in [6.07, 6.45) is 0. The lowest BCUT2D eigenvalue weighted by atomic mass is 10.2. The number of halogens is 1. The summed E-state index contributed by atoms with van der Waals surface area (Å²) in [6.45, 7) is 2.65. The van der Waals surface area contributed by atoms with Crippen LogP contribution in [0.4, 0.5) is 0 Å². The molecule has 0 aliphatic rings. The third-order valence-corrected chi connectivity index (χ3v) is 6.15. The molecule has 2 heterocycles. The first kappa shape index (κ1) is 17.4. The third-order valence-electron chi connectivity index (χ3n) is 3.79. The monoisotopic (exact) mass is 442 g/mol. The van der Waals surface area contributed by atoms with E-state index in [2.05, 4.69) is 38.8 Å². The highest BCUT2D eigenvalue weighted by Gasteiger charge is 2.12. The highest BCUT2D eigenvalue weighted by atomic mass is 79.9. The van der Waals surface area contributed by atoms with Crippen molar-refractivity contribution in [3.8, 4) is 38.3 Å². The number of ether oxygens (including phenoxy) is 1. The molecule has 0 unspecified atom stereocenters. The van der Waals surface area contributed by atoms with Gasteiger partial charge >= 0.3 is 0 Å². The van der Waals surface area contributed by atoms with E-state index < -0.39 is 0 Å². The van der Waals surface area contributed by atoms with Crippen LogP contribution in [0.3, 0.4) is 0 Å². The van der Waals surface area contributed by atoms with Crippen LogP contribution in [0.25, 0.3) is 32.5 Å². The molecule has 0 atom stereocenters. The first-order valence-corrected chi connectivity index (χ1v) is 10.7. The largest absolute Gasteiger partial charge is 0.494 e. The molecule has 2 aromatic carbocycles. The summed E-state index contributed by atoms with van der Waals surface area (Å²) < 4.78 is 6.56. The van der Waals surface area contributed by atoms with Crippen molar-refractivity contribution in [3.05, 3.63) is 63.8 Å². The van der Waals surface area contributed by atoms with Gasteiger partial charge in [0.15, 0.2) is 10.0 Å². The van der Waals surface area contributed by atoms with E-state index in [1.54, 1.807) is 22.7 Å². The Labute approximate surface area is 168 Å². The van der Waals surface area contributed by atoms with Gasteiger partial charge in [-0.15, -0.1) is 22.7 Å². The minimum Gasteiger partial charge on any atom is -0.494 e. The standard InChI is InChI=1S/C20H15BrN2OS2/c1-2-24-16-9-5-14(6-10-16)18-12-26-20(23-18)19-22-17(11-25-19)13-3-7-15(21)8-4-13/h3-12H,2H2,1H3. The number of rotatable bonds is 5. The molecule has 0 amide bonds. The molecule has 0 saturated heterocycles. The fraction of sp³-hybridized carbons (Fsp3) is 0.100. The number of benzene rings is 2. The number of aromatic nitrogens is 2. The van der Waals surface area contributed by atoms with Crippen LogP contribution >= 0.6 is 38.6 Å². The van der Waals surface area contributed by atoms with E-state index in [9.17, 15) is 0 Å². The maximum absolute atomic E-state index is 5.49. The topological polar surface area (TPSA) is 35.0 Å². The predicted octanol–water partition coefficient (Wildman–Crippen LogP) is 6.76. The molecule has 0 aliphatic carbocycles. The summed E-state index contributed by atoms with van der Waals surface area (Å²) in [6, 6.07) is 16.2. The third kappa shape index (κ3) is 3.72. The van der Waals surface area contributed by atoms with Gasteiger partial charge in [0.1, 0.15) is 5.75 Å². The van der Waals surface area contributed by atoms with Gasteiger partial charge in [-0.05, 0) is 43.3 Å². The van der Waals surface area contributed by atoms with Gasteiger partial charge in [0.2, 0.25) is 0 Å². The minimum absolute atomic E-state index is 0.672. The zero-order chi connectivity index (χ0) is 17.9. The first-order chi connectivity index (χ1) is 12.7. The molecule has 2 aromatic heterocycles. The van der Waals surface area contributed by atoms with E-state index in [0.29, 0.717) is 6.61 Å². The van der Waals surface area contributed by atoms with Crippen molar-refractivity contribution in [2.24, 2.45) is 0 Å². The maximum atomic E-state index is 5.49. The Balaban J connectivity index is 1.57. The molecule has 4 aromatic rings. The van der Waals surface area contributed by atoms with Crippen LogP contribution in [0, 0.1) is 0 Å². The molecule has 0 aliphatic heterocycles. The Morgan fingerprint density at radius 2 is 1.31 bits per heavy atom. The van der Waals surface area contributed by atoms with Crippen molar-refractivity contribution in [2.75, 3.05) is 6.61 Å². The van der Waals surface area contributed by atoms with Crippen LogP contribution in [0.15, 0.2) is 63.8 Å². The van der Waals surface area contributed by atoms with Crippen LogP contribution in [0.2, 0.25) is 0 Å². The summed E-state index contributed by atoms with van der Waals surface area (Å²) >= 11 is 6.71. The first-order valence-electron chi connectivity index (χ1n) is 8.13. The Morgan fingerprint density at radius 3 is 1.81 bits per heavy atom. The van der Waals surface area contributed by atoms with Gasteiger partial charge in [0.05, 0.1) is 18.0 Å². The lowest BCUT2D eigenvalue weighted by molar-refractivity contribution is 0.340. The van der Waals surface area contributed by atoms with Gasteiger partial charge in [-0.3, -0.25) is 0 Å². The quantitative estimate of drug-likeness (QED) is 0.342. The molecule has 0 bridgehead atoms. The fourth-order valence-corrected chi connectivity index (χ4v) is 4.49. The highest BCUT2D eigenvalue weighted by Crippen LogP contribution is 2.33. The van der Waals surface area contributed by atoms with Crippen molar-refractivity contribution >= 4 is 38.6 Å². The summed E-state index contributed by atoms with van der Waals surface area (Å²) in [5.41, 5.74) is 4.14. The Hall–Kier alpha value is -2.02. The van der Waals surface area contributed by atoms with E-state index in [0.717, 1.165) is 42.8 Å². The normalized spacial score (nSPS) is 10.8. The van der Waals surface area contributed by atoms with Crippen LogP contribution in [-0.2, 0) is 0 Å². The molecule has 3 nitrogen and oxygen atoms in total. The zero-order valence-electron chi connectivity index (χ0n) is 14.0. The van der Waals surface area contributed by atoms with Crippen LogP contribution < -0.4 is 4.74 Å². The molecule has 0 spiro atoms. The number of thiazole rings is 2. The summed E-state index contributed by atoms with van der Waals surface area (Å²) in [7, 11) is 0. The van der Waals surface area contributed by atoms with Gasteiger partial charge in [0, 0.05) is 26.4 Å². The Morgan fingerprint density at radius 1 is 0.808 bits per heavy atom. The van der Waals surface area contributed by atoms with Crippen molar-refractivity contribution in [1.29, 1.82) is 0 Å². The molecule has 4 rings (SSSR count). The molecule has 0 N–H and O–H groups in total. The van der Waals surface area contributed by atoms with Crippen molar-refractivity contribution in [2.45, 2.75) is 6.92 Å². The molecule has 0 fully saturated rings. The van der Waals surface area contributed by atoms with E-state index in [-0.39, 0.29) is 0 Å². The molecule has 0 saturated carbocycles. The summed E-state index contributed by atoms with van der Waals surface area (Å²) in [4.78, 5) is 9.52. The van der Waals surface area contributed by atoms with Crippen LogP contribution in [0.1, 0.15) is 6.92 Å². The van der Waals surface area contributed by atoms with Gasteiger partial charge in [0.25, 0.3) is 0 Å². The molecular weight excluding hydrogens is 428 g/mol. The van der Waals surface area contributed by atoms with Gasteiger partial charge in [-0.1, -0.05) is 28.1 Å². The van der Waals surface area contributed by atoms with Crippen molar-refractivity contribution < 1.29 is 4.74 Å². The fourth-order valence-electron chi connectivity index (χ4n) is 2.52. The van der Waals surface area contributed by atoms with E-state index in [1.807, 2.05) is 43.3 Å². The predicted molar refractivity (Wildman–Crippen MR) is 113 cm³/mol. The van der Waals surface area contributed by atoms with Crippen LogP contribution in [-0.4, -0.2) is 16.6 Å². The Bertz CT molecular complexity index is 1010. The Kier molecular flexibility index (Phi) is 5.15. The van der Waals surface area contributed by atoms with E-state index in [4.69, 9.17) is 14.7 Å². The van der Waals surface area contributed by atoms with Gasteiger partial charge in [-0.2, -0.15) is 0 Å². The summed E-state index contributed by atoms with van der Waals surface area (Å²) in [5.74, 6) is 0.880. The maximum Gasteiger partial charge on any atom is 0.152 e.